The summed E-state index contributed by atoms with van der Waals surface area (Å²) in [5.41, 5.74) is 1.87. The van der Waals surface area contributed by atoms with Gasteiger partial charge in [-0.15, -0.1) is 11.3 Å². The summed E-state index contributed by atoms with van der Waals surface area (Å²) in [6, 6.07) is 11.0. The van der Waals surface area contributed by atoms with Gasteiger partial charge < -0.3 is 4.57 Å². The van der Waals surface area contributed by atoms with Crippen molar-refractivity contribution in [2.75, 3.05) is 6.54 Å². The monoisotopic (exact) mass is 373 g/mol. The molecule has 0 aliphatic carbocycles. The third-order valence-corrected chi connectivity index (χ3v) is 8.10. The van der Waals surface area contributed by atoms with E-state index >= 15 is 0 Å². The fourth-order valence-corrected chi connectivity index (χ4v) is 6.30. The first-order valence-corrected chi connectivity index (χ1v) is 10.5. The van der Waals surface area contributed by atoms with E-state index in [2.05, 4.69) is 9.55 Å². The Morgan fingerprint density at radius 3 is 2.80 bits per heavy atom. The normalized spacial score (nSPS) is 18.2. The molecule has 7 heteroatoms. The highest BCUT2D eigenvalue weighted by Gasteiger charge is 2.38. The Morgan fingerprint density at radius 1 is 1.20 bits per heavy atom. The molecule has 0 saturated heterocycles. The molecule has 5 nitrogen and oxygen atoms in total. The molecular formula is C18H19N3O2S2. The lowest BCUT2D eigenvalue weighted by Gasteiger charge is -2.35. The number of thiophene rings is 1. The maximum Gasteiger partial charge on any atom is 0.253 e. The molecular weight excluding hydrogens is 354 g/mol. The van der Waals surface area contributed by atoms with Gasteiger partial charge in [-0.05, 0) is 42.3 Å². The largest absolute Gasteiger partial charge is 0.348 e. The summed E-state index contributed by atoms with van der Waals surface area (Å²) in [4.78, 5) is 5.28. The maximum atomic E-state index is 13.3. The van der Waals surface area contributed by atoms with Crippen LogP contribution in [-0.4, -0.2) is 28.8 Å². The van der Waals surface area contributed by atoms with E-state index in [1.807, 2.05) is 43.5 Å². The van der Waals surface area contributed by atoms with Crippen molar-refractivity contribution in [3.63, 3.8) is 0 Å². The van der Waals surface area contributed by atoms with Crippen LogP contribution in [-0.2, 0) is 23.0 Å². The van der Waals surface area contributed by atoms with Crippen LogP contribution in [0, 0.1) is 0 Å². The molecule has 0 aromatic carbocycles. The topological polar surface area (TPSA) is 55.2 Å². The molecule has 3 aromatic rings. The highest BCUT2D eigenvalue weighted by molar-refractivity contribution is 7.91. The third kappa shape index (κ3) is 2.82. The molecule has 0 fully saturated rings. The molecule has 0 amide bonds. The fraction of sp³-hybridized carbons (Fsp3) is 0.278. The second-order valence-corrected chi connectivity index (χ2v) is 9.29. The van der Waals surface area contributed by atoms with Crippen LogP contribution >= 0.6 is 11.3 Å². The van der Waals surface area contributed by atoms with E-state index in [9.17, 15) is 8.42 Å². The van der Waals surface area contributed by atoms with Crippen molar-refractivity contribution in [3.05, 3.63) is 71.1 Å². The first-order valence-electron chi connectivity index (χ1n) is 8.27. The molecule has 0 bridgehead atoms. The molecule has 25 heavy (non-hydrogen) atoms. The van der Waals surface area contributed by atoms with Crippen molar-refractivity contribution in [3.8, 4) is 0 Å². The van der Waals surface area contributed by atoms with Gasteiger partial charge in [-0.3, -0.25) is 4.98 Å². The van der Waals surface area contributed by atoms with Crippen molar-refractivity contribution in [1.29, 1.82) is 0 Å². The first-order chi connectivity index (χ1) is 12.1. The number of sulfonamides is 1. The lowest BCUT2D eigenvalue weighted by molar-refractivity contribution is 0.298. The molecule has 1 unspecified atom stereocenters. The van der Waals surface area contributed by atoms with Crippen LogP contribution in [0.15, 0.2) is 59.2 Å². The molecule has 0 spiro atoms. The number of pyridine rings is 1. The molecule has 1 atom stereocenters. The molecule has 0 N–H and O–H groups in total. The molecule has 0 radical (unpaired) electrons. The van der Waals surface area contributed by atoms with E-state index in [4.69, 9.17) is 0 Å². The summed E-state index contributed by atoms with van der Waals surface area (Å²) in [6.07, 6.45) is 6.30. The number of rotatable bonds is 4. The van der Waals surface area contributed by atoms with E-state index < -0.39 is 10.0 Å². The van der Waals surface area contributed by atoms with Crippen molar-refractivity contribution in [1.82, 2.24) is 13.9 Å². The van der Waals surface area contributed by atoms with Gasteiger partial charge in [0.1, 0.15) is 4.21 Å². The Labute approximate surface area is 151 Å². The highest BCUT2D eigenvalue weighted by atomic mass is 32.2. The Bertz CT molecular complexity index is 977. The molecule has 0 saturated carbocycles. The fourth-order valence-electron chi connectivity index (χ4n) is 3.30. The smallest absolute Gasteiger partial charge is 0.253 e. The van der Waals surface area contributed by atoms with Crippen LogP contribution in [0.2, 0.25) is 0 Å². The Hall–Kier alpha value is -1.96. The minimum atomic E-state index is -3.56. The zero-order valence-electron chi connectivity index (χ0n) is 13.9. The summed E-state index contributed by atoms with van der Waals surface area (Å²) < 4.78 is 30.8. The predicted octanol–water partition coefficient (Wildman–Crippen LogP) is 3.30. The van der Waals surface area contributed by atoms with Gasteiger partial charge in [0.2, 0.25) is 0 Å². The van der Waals surface area contributed by atoms with E-state index in [1.54, 1.807) is 22.8 Å². The molecule has 4 heterocycles. The van der Waals surface area contributed by atoms with Crippen LogP contribution in [0.3, 0.4) is 0 Å². The number of nitrogens with zero attached hydrogens (tertiary/aromatic N) is 3. The van der Waals surface area contributed by atoms with Gasteiger partial charge in [0.15, 0.2) is 0 Å². The third-order valence-electron chi connectivity index (χ3n) is 4.54. The Morgan fingerprint density at radius 2 is 2.08 bits per heavy atom. The standard InChI is InChI=1S/C18H19N3O2S2/c1-2-15-7-8-17(24-15)25(22,23)21-12-11-20-10-4-6-16(20)18(21)14-5-3-9-19-13-14/h3-10,13,18H,2,11-12H2,1H3. The minimum Gasteiger partial charge on any atom is -0.348 e. The zero-order valence-corrected chi connectivity index (χ0v) is 15.5. The number of aromatic nitrogens is 2. The lowest BCUT2D eigenvalue weighted by Crippen LogP contribution is -2.42. The number of aryl methyl sites for hydroxylation is 1. The van der Waals surface area contributed by atoms with Crippen molar-refractivity contribution in [2.24, 2.45) is 0 Å². The van der Waals surface area contributed by atoms with Gasteiger partial charge in [-0.1, -0.05) is 13.0 Å². The number of hydrogen-bond acceptors (Lipinski definition) is 4. The van der Waals surface area contributed by atoms with Gasteiger partial charge in [-0.2, -0.15) is 4.31 Å². The van der Waals surface area contributed by atoms with Crippen LogP contribution in [0.1, 0.15) is 29.1 Å². The maximum absolute atomic E-state index is 13.3. The van der Waals surface area contributed by atoms with Crippen LogP contribution in [0.25, 0.3) is 0 Å². The average Bonchev–Trinajstić information content (AvgIpc) is 3.30. The molecule has 4 rings (SSSR count). The number of hydrogen-bond donors (Lipinski definition) is 0. The minimum absolute atomic E-state index is 0.352. The summed E-state index contributed by atoms with van der Waals surface area (Å²) in [5.74, 6) is 0. The van der Waals surface area contributed by atoms with Gasteiger partial charge >= 0.3 is 0 Å². The molecule has 3 aromatic heterocycles. The van der Waals surface area contributed by atoms with Gasteiger partial charge in [0.25, 0.3) is 10.0 Å². The van der Waals surface area contributed by atoms with Gasteiger partial charge in [-0.25, -0.2) is 8.42 Å². The molecule has 1 aliphatic rings. The summed E-state index contributed by atoms with van der Waals surface area (Å²) in [6.45, 7) is 3.14. The van der Waals surface area contributed by atoms with Crippen molar-refractivity contribution >= 4 is 21.4 Å². The van der Waals surface area contributed by atoms with Crippen LogP contribution in [0.4, 0.5) is 0 Å². The predicted molar refractivity (Wildman–Crippen MR) is 98.1 cm³/mol. The van der Waals surface area contributed by atoms with Crippen LogP contribution in [0.5, 0.6) is 0 Å². The Kier molecular flexibility index (Phi) is 4.23. The highest BCUT2D eigenvalue weighted by Crippen LogP contribution is 2.37. The van der Waals surface area contributed by atoms with Gasteiger partial charge in [0, 0.05) is 42.3 Å². The Balaban J connectivity index is 1.82. The molecule has 130 valence electrons. The van der Waals surface area contributed by atoms with E-state index in [1.165, 1.54) is 11.3 Å². The first kappa shape index (κ1) is 16.5. The van der Waals surface area contributed by atoms with Crippen molar-refractivity contribution < 1.29 is 8.42 Å². The van der Waals surface area contributed by atoms with Crippen molar-refractivity contribution in [2.45, 2.75) is 30.1 Å². The van der Waals surface area contributed by atoms with Gasteiger partial charge in [0.05, 0.1) is 6.04 Å². The average molecular weight is 374 g/mol. The van der Waals surface area contributed by atoms with Crippen LogP contribution < -0.4 is 0 Å². The molecule has 1 aliphatic heterocycles. The lowest BCUT2D eigenvalue weighted by atomic mass is 10.0. The quantitative estimate of drug-likeness (QED) is 0.705. The SMILES string of the molecule is CCc1ccc(S(=O)(=O)N2CCn3cccc3C2c2cccnc2)s1. The summed E-state index contributed by atoms with van der Waals surface area (Å²) in [5, 5.41) is 0. The second kappa shape index (κ2) is 6.40. The number of fused-ring (bicyclic) bond motifs is 1. The van der Waals surface area contributed by atoms with E-state index in [0.29, 0.717) is 17.3 Å². The summed E-state index contributed by atoms with van der Waals surface area (Å²) >= 11 is 1.36. The summed E-state index contributed by atoms with van der Waals surface area (Å²) in [7, 11) is -3.56. The zero-order chi connectivity index (χ0) is 17.4. The van der Waals surface area contributed by atoms with E-state index in [0.717, 1.165) is 22.6 Å². The van der Waals surface area contributed by atoms with E-state index in [-0.39, 0.29) is 6.04 Å². The second-order valence-electron chi connectivity index (χ2n) is 6.01.